The molecule has 0 saturated heterocycles. The summed E-state index contributed by atoms with van der Waals surface area (Å²) >= 11 is 0. The lowest BCUT2D eigenvalue weighted by molar-refractivity contribution is 0.102. The Bertz CT molecular complexity index is 1470. The molecule has 2 aromatic carbocycles. The first-order valence-corrected chi connectivity index (χ1v) is 10.00. The third-order valence-corrected chi connectivity index (χ3v) is 5.00. The van der Waals surface area contributed by atoms with Gasteiger partial charge in [0.1, 0.15) is 22.9 Å². The van der Waals surface area contributed by atoms with Crippen molar-refractivity contribution < 1.29 is 18.3 Å². The number of carbonyl (C=O) groups excluding carboxylic acids is 1. The molecule has 1 amide bonds. The number of anilines is 1. The van der Waals surface area contributed by atoms with E-state index >= 15 is 0 Å². The van der Waals surface area contributed by atoms with Gasteiger partial charge in [0.15, 0.2) is 11.6 Å². The number of H-pyrrole nitrogens is 1. The number of aromatic nitrogens is 3. The van der Waals surface area contributed by atoms with Crippen molar-refractivity contribution in [1.29, 1.82) is 0 Å². The van der Waals surface area contributed by atoms with E-state index in [0.29, 0.717) is 17.0 Å². The van der Waals surface area contributed by atoms with Crippen LogP contribution < -0.4 is 10.1 Å². The molecule has 0 fully saturated rings. The van der Waals surface area contributed by atoms with Crippen molar-refractivity contribution in [2.75, 3.05) is 5.32 Å². The van der Waals surface area contributed by atoms with Crippen LogP contribution in [-0.4, -0.2) is 20.9 Å². The molecule has 0 aliphatic rings. The Kier molecular flexibility index (Phi) is 5.24. The quantitative estimate of drug-likeness (QED) is 0.353. The SMILES string of the molecule is O=C(Nc1ccc(Oc2ccnc3[nH]ccc23)c(F)c1)c1cc(-c2ccc(F)cc2)ccn1. The molecule has 8 heteroatoms. The molecule has 162 valence electrons. The third kappa shape index (κ3) is 4.27. The van der Waals surface area contributed by atoms with Gasteiger partial charge in [-0.1, -0.05) is 12.1 Å². The van der Waals surface area contributed by atoms with Crippen molar-refractivity contribution in [3.63, 3.8) is 0 Å². The molecule has 2 N–H and O–H groups in total. The first-order valence-electron chi connectivity index (χ1n) is 10.00. The fraction of sp³-hybridized carbons (Fsp3) is 0. The third-order valence-electron chi connectivity index (χ3n) is 5.00. The lowest BCUT2D eigenvalue weighted by Crippen LogP contribution is -2.13. The van der Waals surface area contributed by atoms with E-state index in [0.717, 1.165) is 10.9 Å². The van der Waals surface area contributed by atoms with E-state index in [9.17, 15) is 13.6 Å². The molecule has 0 aliphatic heterocycles. The van der Waals surface area contributed by atoms with Crippen LogP contribution in [-0.2, 0) is 0 Å². The summed E-state index contributed by atoms with van der Waals surface area (Å²) in [5.74, 6) is -1.02. The van der Waals surface area contributed by atoms with Gasteiger partial charge in [-0.25, -0.2) is 13.8 Å². The number of hydrogen-bond acceptors (Lipinski definition) is 4. The maximum absolute atomic E-state index is 14.7. The van der Waals surface area contributed by atoms with Crippen LogP contribution in [0.5, 0.6) is 11.5 Å². The summed E-state index contributed by atoms with van der Waals surface area (Å²) in [6, 6.07) is 16.8. The van der Waals surface area contributed by atoms with Crippen molar-refractivity contribution in [3.8, 4) is 22.6 Å². The standard InChI is InChI=1S/C25H16F2N4O2/c26-17-3-1-15(2-4-17)16-7-10-28-21(13-16)25(32)31-18-5-6-23(20(27)14-18)33-22-9-12-30-24-19(22)8-11-29-24/h1-14H,(H,29,30)(H,31,32). The number of fused-ring (bicyclic) bond motifs is 1. The van der Waals surface area contributed by atoms with Gasteiger partial charge in [0.25, 0.3) is 5.91 Å². The number of nitrogens with zero attached hydrogens (tertiary/aromatic N) is 2. The average Bonchev–Trinajstić information content (AvgIpc) is 3.31. The Labute approximate surface area is 186 Å². The minimum Gasteiger partial charge on any atom is -0.453 e. The Balaban J connectivity index is 1.33. The molecular formula is C25H16F2N4O2. The number of amides is 1. The lowest BCUT2D eigenvalue weighted by Gasteiger charge is -2.10. The Morgan fingerprint density at radius 1 is 0.848 bits per heavy atom. The first-order chi connectivity index (χ1) is 16.1. The molecule has 0 aliphatic carbocycles. The number of halogens is 2. The normalized spacial score (nSPS) is 10.8. The van der Waals surface area contributed by atoms with E-state index in [1.54, 1.807) is 48.8 Å². The lowest BCUT2D eigenvalue weighted by atomic mass is 10.1. The zero-order valence-corrected chi connectivity index (χ0v) is 17.0. The number of aromatic amines is 1. The summed E-state index contributed by atoms with van der Waals surface area (Å²) < 4.78 is 33.6. The minimum absolute atomic E-state index is 0.0122. The monoisotopic (exact) mass is 442 g/mol. The maximum Gasteiger partial charge on any atom is 0.274 e. The van der Waals surface area contributed by atoms with Crippen molar-refractivity contribution in [2.45, 2.75) is 0 Å². The summed E-state index contributed by atoms with van der Waals surface area (Å²) in [7, 11) is 0. The van der Waals surface area contributed by atoms with Crippen LogP contribution in [0.3, 0.4) is 0 Å². The predicted molar refractivity (Wildman–Crippen MR) is 120 cm³/mol. The molecule has 0 atom stereocenters. The van der Waals surface area contributed by atoms with Gasteiger partial charge in [-0.3, -0.25) is 9.78 Å². The average molecular weight is 442 g/mol. The summed E-state index contributed by atoms with van der Waals surface area (Å²) in [6.45, 7) is 0. The van der Waals surface area contributed by atoms with Gasteiger partial charge in [-0.2, -0.15) is 0 Å². The number of pyridine rings is 2. The van der Waals surface area contributed by atoms with Crippen LogP contribution >= 0.6 is 0 Å². The number of hydrogen-bond donors (Lipinski definition) is 2. The van der Waals surface area contributed by atoms with E-state index in [-0.39, 0.29) is 22.9 Å². The van der Waals surface area contributed by atoms with E-state index in [4.69, 9.17) is 4.74 Å². The van der Waals surface area contributed by atoms with E-state index < -0.39 is 11.7 Å². The number of rotatable bonds is 5. The van der Waals surface area contributed by atoms with Crippen molar-refractivity contribution >= 4 is 22.6 Å². The fourth-order valence-corrected chi connectivity index (χ4v) is 3.38. The Morgan fingerprint density at radius 3 is 2.48 bits per heavy atom. The summed E-state index contributed by atoms with van der Waals surface area (Å²) in [5, 5.41) is 3.35. The van der Waals surface area contributed by atoms with Crippen LogP contribution in [0.4, 0.5) is 14.5 Å². The first kappa shape index (κ1) is 20.3. The number of nitrogens with one attached hydrogen (secondary N) is 2. The van der Waals surface area contributed by atoms with Gasteiger partial charge in [-0.15, -0.1) is 0 Å². The zero-order valence-electron chi connectivity index (χ0n) is 17.0. The molecule has 6 nitrogen and oxygen atoms in total. The molecule has 0 bridgehead atoms. The zero-order chi connectivity index (χ0) is 22.8. The van der Waals surface area contributed by atoms with Crippen molar-refractivity contribution in [1.82, 2.24) is 15.0 Å². The molecular weight excluding hydrogens is 426 g/mol. The molecule has 0 spiro atoms. The molecule has 0 radical (unpaired) electrons. The second-order valence-electron chi connectivity index (χ2n) is 7.19. The summed E-state index contributed by atoms with van der Waals surface area (Å²) in [6.07, 6.45) is 4.77. The molecule has 3 aromatic heterocycles. The highest BCUT2D eigenvalue weighted by molar-refractivity contribution is 6.03. The maximum atomic E-state index is 14.7. The van der Waals surface area contributed by atoms with Gasteiger partial charge >= 0.3 is 0 Å². The van der Waals surface area contributed by atoms with E-state index in [1.165, 1.54) is 36.5 Å². The minimum atomic E-state index is -0.638. The number of benzene rings is 2. The van der Waals surface area contributed by atoms with Gasteiger partial charge in [0, 0.05) is 30.3 Å². The Morgan fingerprint density at radius 2 is 1.67 bits per heavy atom. The molecule has 5 rings (SSSR count). The van der Waals surface area contributed by atoms with Crippen LogP contribution in [0.15, 0.2) is 85.3 Å². The molecule has 33 heavy (non-hydrogen) atoms. The predicted octanol–water partition coefficient (Wildman–Crippen LogP) is 5.95. The molecule has 0 saturated carbocycles. The molecule has 5 aromatic rings. The van der Waals surface area contributed by atoms with Crippen molar-refractivity contribution in [2.24, 2.45) is 0 Å². The van der Waals surface area contributed by atoms with Gasteiger partial charge < -0.3 is 15.0 Å². The van der Waals surface area contributed by atoms with Gasteiger partial charge in [-0.05, 0) is 59.7 Å². The summed E-state index contributed by atoms with van der Waals surface area (Å²) in [5.41, 5.74) is 2.48. The van der Waals surface area contributed by atoms with E-state index in [1.807, 2.05) is 0 Å². The molecule has 0 unspecified atom stereocenters. The second-order valence-corrected chi connectivity index (χ2v) is 7.19. The smallest absolute Gasteiger partial charge is 0.274 e. The topological polar surface area (TPSA) is 79.9 Å². The van der Waals surface area contributed by atoms with Crippen LogP contribution in [0, 0.1) is 11.6 Å². The van der Waals surface area contributed by atoms with Crippen LogP contribution in [0.2, 0.25) is 0 Å². The number of carbonyl (C=O) groups is 1. The highest BCUT2D eigenvalue weighted by Gasteiger charge is 2.13. The fourth-order valence-electron chi connectivity index (χ4n) is 3.38. The van der Waals surface area contributed by atoms with Gasteiger partial charge in [0.2, 0.25) is 0 Å². The largest absolute Gasteiger partial charge is 0.453 e. The number of ether oxygens (including phenoxy) is 1. The van der Waals surface area contributed by atoms with Crippen LogP contribution in [0.25, 0.3) is 22.2 Å². The molecule has 3 heterocycles. The van der Waals surface area contributed by atoms with Crippen LogP contribution in [0.1, 0.15) is 10.5 Å². The summed E-state index contributed by atoms with van der Waals surface area (Å²) in [4.78, 5) is 23.9. The van der Waals surface area contributed by atoms with Crippen molar-refractivity contribution in [3.05, 3.63) is 103 Å². The Hall–Kier alpha value is -4.59. The second kappa shape index (κ2) is 8.51. The van der Waals surface area contributed by atoms with Gasteiger partial charge in [0.05, 0.1) is 5.39 Å². The van der Waals surface area contributed by atoms with E-state index in [2.05, 4.69) is 20.3 Å². The highest BCUT2D eigenvalue weighted by Crippen LogP contribution is 2.31. The highest BCUT2D eigenvalue weighted by atomic mass is 19.1.